The monoisotopic (exact) mass is 720 g/mol. The minimum Gasteiger partial charge on any atom is -0.330 e. The molecule has 2 aromatic heterocycles. The fourth-order valence-electron chi connectivity index (χ4n) is 7.08. The molecular formula is C48H52N2O4. The summed E-state index contributed by atoms with van der Waals surface area (Å²) in [6.07, 6.45) is 0. The predicted octanol–water partition coefficient (Wildman–Crippen LogP) is 11.6. The van der Waals surface area contributed by atoms with E-state index in [2.05, 4.69) is 132 Å². The first-order chi connectivity index (χ1) is 25.1. The summed E-state index contributed by atoms with van der Waals surface area (Å²) in [5, 5.41) is 4.07. The van der Waals surface area contributed by atoms with Crippen molar-refractivity contribution in [3.05, 3.63) is 130 Å². The maximum absolute atomic E-state index is 13.9. The van der Waals surface area contributed by atoms with Crippen LogP contribution in [0.4, 0.5) is 0 Å². The second kappa shape index (κ2) is 12.6. The lowest BCUT2D eigenvalue weighted by atomic mass is 9.85. The second-order valence-corrected chi connectivity index (χ2v) is 18.9. The van der Waals surface area contributed by atoms with Crippen LogP contribution in [-0.4, -0.2) is 21.4 Å². The van der Waals surface area contributed by atoms with E-state index in [1.54, 1.807) is 27.7 Å². The van der Waals surface area contributed by atoms with E-state index in [-0.39, 0.29) is 32.8 Å². The van der Waals surface area contributed by atoms with Crippen molar-refractivity contribution < 1.29 is 19.3 Å². The lowest BCUT2D eigenvalue weighted by molar-refractivity contribution is 0.0499. The summed E-state index contributed by atoms with van der Waals surface area (Å²) in [5.74, 6) is -1.16. The Hall–Kier alpha value is -5.36. The van der Waals surface area contributed by atoms with Gasteiger partial charge in [0.25, 0.3) is 0 Å². The Bertz CT molecular complexity index is 2300. The Morgan fingerprint density at radius 3 is 0.889 bits per heavy atom. The van der Waals surface area contributed by atoms with Gasteiger partial charge in [0.15, 0.2) is 0 Å². The molecule has 2 heterocycles. The van der Waals surface area contributed by atoms with Gasteiger partial charge in [0.05, 0.1) is 33.2 Å². The maximum atomic E-state index is 13.9. The van der Waals surface area contributed by atoms with E-state index in [4.69, 9.17) is 9.68 Å². The zero-order valence-electron chi connectivity index (χ0n) is 33.8. The number of carbonyl (C=O) groups is 2. The second-order valence-electron chi connectivity index (χ2n) is 18.9. The topological polar surface area (TPSA) is 62.5 Å². The third-order valence-corrected chi connectivity index (χ3v) is 10.6. The van der Waals surface area contributed by atoms with Crippen molar-refractivity contribution in [3.63, 3.8) is 0 Å². The first-order valence-corrected chi connectivity index (χ1v) is 18.8. The van der Waals surface area contributed by atoms with Crippen molar-refractivity contribution in [3.8, 4) is 0 Å². The fraction of sp³-hybridized carbons (Fsp3) is 0.333. The average Bonchev–Trinajstić information content (AvgIpc) is 3.57. The highest BCUT2D eigenvalue weighted by molar-refractivity contribution is 6.10. The first kappa shape index (κ1) is 37.0. The van der Waals surface area contributed by atoms with Gasteiger partial charge in [0.1, 0.15) is 0 Å². The van der Waals surface area contributed by atoms with Gasteiger partial charge in [-0.15, -0.1) is 0 Å². The summed E-state index contributed by atoms with van der Waals surface area (Å²) in [6.45, 7) is 26.3. The Morgan fingerprint density at radius 1 is 0.389 bits per heavy atom. The molecule has 54 heavy (non-hydrogen) atoms. The van der Waals surface area contributed by atoms with Gasteiger partial charge in [-0.1, -0.05) is 113 Å². The summed E-state index contributed by atoms with van der Waals surface area (Å²) in [7, 11) is 0. The van der Waals surface area contributed by atoms with Crippen molar-refractivity contribution in [1.29, 1.82) is 0 Å². The molecule has 0 amide bonds. The number of fused-ring (bicyclic) bond motifs is 6. The molecule has 0 aliphatic carbocycles. The number of nitrogens with zero attached hydrogens (tertiary/aromatic N) is 2. The molecule has 0 spiro atoms. The highest BCUT2D eigenvalue weighted by Crippen LogP contribution is 2.37. The molecule has 6 heteroatoms. The molecule has 0 atom stereocenters. The Kier molecular flexibility index (Phi) is 8.64. The number of carbonyl (C=O) groups excluding carboxylic acids is 2. The lowest BCUT2D eigenvalue weighted by Crippen LogP contribution is -2.22. The van der Waals surface area contributed by atoms with Crippen LogP contribution >= 0.6 is 0 Å². The minimum atomic E-state index is -0.579. The van der Waals surface area contributed by atoms with Crippen LogP contribution in [0.1, 0.15) is 126 Å². The molecule has 0 saturated heterocycles. The van der Waals surface area contributed by atoms with Gasteiger partial charge in [0.2, 0.25) is 0 Å². The zero-order chi connectivity index (χ0) is 39.1. The highest BCUT2D eigenvalue weighted by Gasteiger charge is 2.25. The number of hydrogen-bond acceptors (Lipinski definition) is 4. The number of aromatic nitrogens is 2. The van der Waals surface area contributed by atoms with Crippen LogP contribution in [0.5, 0.6) is 0 Å². The molecule has 5 aromatic carbocycles. The molecule has 0 bridgehead atoms. The predicted molar refractivity (Wildman–Crippen MR) is 222 cm³/mol. The van der Waals surface area contributed by atoms with E-state index >= 15 is 0 Å². The van der Waals surface area contributed by atoms with Crippen molar-refractivity contribution in [1.82, 2.24) is 9.46 Å². The normalized spacial score (nSPS) is 13.0. The first-order valence-electron chi connectivity index (χ1n) is 18.8. The molecule has 0 saturated carbocycles. The SMILES string of the molecule is CC(C)(C)c1ccc2c(c1)c1cc(C(C)(C)C)ccc1n2OC(=O)c1cccc(C(=O)On2c3ccc(C(C)(C)C)cc3c3cc(C(C)(C)C)ccc32)c1. The Morgan fingerprint density at radius 2 is 0.648 bits per heavy atom. The molecule has 0 aliphatic heterocycles. The van der Waals surface area contributed by atoms with Crippen molar-refractivity contribution in [2.45, 2.75) is 105 Å². The van der Waals surface area contributed by atoms with Gasteiger partial charge in [-0.3, -0.25) is 0 Å². The van der Waals surface area contributed by atoms with E-state index in [9.17, 15) is 9.59 Å². The number of benzene rings is 5. The van der Waals surface area contributed by atoms with Crippen LogP contribution in [0.2, 0.25) is 0 Å². The summed E-state index contributed by atoms with van der Waals surface area (Å²) in [5.41, 5.74) is 8.22. The summed E-state index contributed by atoms with van der Waals surface area (Å²) in [6, 6.07) is 31.8. The molecule has 0 aliphatic rings. The molecule has 0 N–H and O–H groups in total. The van der Waals surface area contributed by atoms with Crippen LogP contribution in [0.25, 0.3) is 43.6 Å². The van der Waals surface area contributed by atoms with E-state index in [0.29, 0.717) is 0 Å². The van der Waals surface area contributed by atoms with Crippen LogP contribution < -0.4 is 9.68 Å². The van der Waals surface area contributed by atoms with Crippen LogP contribution in [0, 0.1) is 0 Å². The summed E-state index contributed by atoms with van der Waals surface area (Å²) < 4.78 is 3.24. The number of rotatable bonds is 4. The van der Waals surface area contributed by atoms with Gasteiger partial charge in [0, 0.05) is 21.5 Å². The summed E-state index contributed by atoms with van der Waals surface area (Å²) >= 11 is 0. The fourth-order valence-corrected chi connectivity index (χ4v) is 7.08. The molecule has 7 rings (SSSR count). The summed E-state index contributed by atoms with van der Waals surface area (Å²) in [4.78, 5) is 40.2. The average molecular weight is 721 g/mol. The smallest absolute Gasteiger partial charge is 0.330 e. The molecule has 0 fully saturated rings. The zero-order valence-corrected chi connectivity index (χ0v) is 33.8. The van der Waals surface area contributed by atoms with Gasteiger partial charge in [-0.2, -0.15) is 9.46 Å². The van der Waals surface area contributed by atoms with Gasteiger partial charge in [-0.25, -0.2) is 9.59 Å². The minimum absolute atomic E-state index is 0.0556. The van der Waals surface area contributed by atoms with E-state index in [1.807, 2.05) is 24.3 Å². The highest BCUT2D eigenvalue weighted by atomic mass is 16.7. The van der Waals surface area contributed by atoms with Gasteiger partial charge < -0.3 is 9.68 Å². The van der Waals surface area contributed by atoms with Gasteiger partial charge in [-0.05, 0) is 111 Å². The van der Waals surface area contributed by atoms with E-state index in [1.165, 1.54) is 28.3 Å². The molecule has 6 nitrogen and oxygen atoms in total. The van der Waals surface area contributed by atoms with Gasteiger partial charge >= 0.3 is 11.9 Å². The van der Waals surface area contributed by atoms with Crippen LogP contribution in [0.15, 0.2) is 97.1 Å². The largest absolute Gasteiger partial charge is 0.363 e. The molecule has 0 radical (unpaired) electrons. The van der Waals surface area contributed by atoms with E-state index < -0.39 is 11.9 Å². The lowest BCUT2D eigenvalue weighted by Gasteiger charge is -2.19. The Balaban J connectivity index is 1.25. The third-order valence-electron chi connectivity index (χ3n) is 10.6. The molecule has 0 unspecified atom stereocenters. The quantitative estimate of drug-likeness (QED) is 0.182. The molecular weight excluding hydrogens is 669 g/mol. The molecule has 7 aromatic rings. The number of hydrogen-bond donors (Lipinski definition) is 0. The molecule has 278 valence electrons. The van der Waals surface area contributed by atoms with Crippen LogP contribution in [-0.2, 0) is 21.7 Å². The Labute approximate surface area is 318 Å². The van der Waals surface area contributed by atoms with Crippen molar-refractivity contribution in [2.75, 3.05) is 0 Å². The van der Waals surface area contributed by atoms with Crippen LogP contribution in [0.3, 0.4) is 0 Å². The van der Waals surface area contributed by atoms with Crippen molar-refractivity contribution in [2.24, 2.45) is 0 Å². The van der Waals surface area contributed by atoms with E-state index in [0.717, 1.165) is 43.6 Å². The maximum Gasteiger partial charge on any atom is 0.363 e. The van der Waals surface area contributed by atoms with Crippen molar-refractivity contribution >= 4 is 55.6 Å². The standard InChI is InChI=1S/C48H52N2O4/c1-45(2,3)31-16-20-39-35(25-31)36-26-32(46(4,5)6)17-21-40(36)49(39)53-43(51)29-14-13-15-30(24-29)44(52)54-50-41-22-18-33(47(7,8)9)27-37(41)38-28-34(48(10,11)12)19-23-42(38)50/h13-28H,1-12H3. The third kappa shape index (κ3) is 6.68.